The van der Waals surface area contributed by atoms with Gasteiger partial charge in [0, 0.05) is 0 Å². The number of rotatable bonds is 6. The summed E-state index contributed by atoms with van der Waals surface area (Å²) in [5.41, 5.74) is 0.775. The minimum absolute atomic E-state index is 0.0574. The molecule has 2 unspecified atom stereocenters. The standard InChI is InChI=1S/C14H21ClO2/c1-3-4-10(2)5-7-13(16)11-6-8-14(17)12(15)9-11/h6,8-10,13,16-17H,3-5,7H2,1-2H3. The zero-order valence-corrected chi connectivity index (χ0v) is 11.2. The molecule has 2 nitrogen and oxygen atoms in total. The van der Waals surface area contributed by atoms with E-state index >= 15 is 0 Å². The van der Waals surface area contributed by atoms with Gasteiger partial charge in [-0.15, -0.1) is 0 Å². The van der Waals surface area contributed by atoms with Crippen molar-refractivity contribution < 1.29 is 10.2 Å². The second kappa shape index (κ2) is 6.87. The van der Waals surface area contributed by atoms with Gasteiger partial charge in [0.05, 0.1) is 11.1 Å². The van der Waals surface area contributed by atoms with Crippen LogP contribution >= 0.6 is 11.6 Å². The van der Waals surface area contributed by atoms with E-state index in [9.17, 15) is 10.2 Å². The Morgan fingerprint density at radius 1 is 1.24 bits per heavy atom. The van der Waals surface area contributed by atoms with Crippen LogP contribution < -0.4 is 0 Å². The second-order valence-electron chi connectivity index (χ2n) is 4.70. The molecule has 2 atom stereocenters. The van der Waals surface area contributed by atoms with Gasteiger partial charge < -0.3 is 10.2 Å². The van der Waals surface area contributed by atoms with Crippen molar-refractivity contribution in [1.29, 1.82) is 0 Å². The monoisotopic (exact) mass is 256 g/mol. The Balaban J connectivity index is 2.52. The van der Waals surface area contributed by atoms with Crippen LogP contribution in [0, 0.1) is 5.92 Å². The highest BCUT2D eigenvalue weighted by atomic mass is 35.5. The third-order valence-electron chi connectivity index (χ3n) is 3.07. The predicted octanol–water partition coefficient (Wildman–Crippen LogP) is 4.30. The first-order chi connectivity index (χ1) is 8.04. The summed E-state index contributed by atoms with van der Waals surface area (Å²) in [6, 6.07) is 4.87. The van der Waals surface area contributed by atoms with Crippen molar-refractivity contribution in [3.8, 4) is 5.75 Å². The molecule has 17 heavy (non-hydrogen) atoms. The Morgan fingerprint density at radius 2 is 1.94 bits per heavy atom. The van der Waals surface area contributed by atoms with Gasteiger partial charge in [0.1, 0.15) is 5.75 Å². The molecule has 0 fully saturated rings. The first-order valence-corrected chi connectivity index (χ1v) is 6.58. The summed E-state index contributed by atoms with van der Waals surface area (Å²) in [4.78, 5) is 0. The molecule has 0 saturated heterocycles. The number of halogens is 1. The number of aromatic hydroxyl groups is 1. The maximum Gasteiger partial charge on any atom is 0.134 e. The summed E-state index contributed by atoms with van der Waals surface area (Å²) < 4.78 is 0. The van der Waals surface area contributed by atoms with Gasteiger partial charge in [0.2, 0.25) is 0 Å². The Labute approximate surface area is 108 Å². The van der Waals surface area contributed by atoms with Gasteiger partial charge in [-0.3, -0.25) is 0 Å². The Kier molecular flexibility index (Phi) is 5.79. The van der Waals surface area contributed by atoms with Crippen LogP contribution in [0.15, 0.2) is 18.2 Å². The first kappa shape index (κ1) is 14.3. The van der Waals surface area contributed by atoms with Gasteiger partial charge in [0.15, 0.2) is 0 Å². The lowest BCUT2D eigenvalue weighted by Crippen LogP contribution is -2.01. The van der Waals surface area contributed by atoms with E-state index in [0.717, 1.165) is 18.4 Å². The molecule has 0 aliphatic heterocycles. The van der Waals surface area contributed by atoms with E-state index in [4.69, 9.17) is 11.6 Å². The molecule has 1 aromatic rings. The molecule has 1 aromatic carbocycles. The van der Waals surface area contributed by atoms with Crippen molar-refractivity contribution in [3.05, 3.63) is 28.8 Å². The maximum atomic E-state index is 10.0. The van der Waals surface area contributed by atoms with Gasteiger partial charge in [-0.2, -0.15) is 0 Å². The summed E-state index contributed by atoms with van der Waals surface area (Å²) in [6.07, 6.45) is 3.63. The largest absolute Gasteiger partial charge is 0.506 e. The lowest BCUT2D eigenvalue weighted by Gasteiger charge is -2.15. The van der Waals surface area contributed by atoms with Crippen LogP contribution in [0.2, 0.25) is 5.02 Å². The van der Waals surface area contributed by atoms with Crippen LogP contribution in [0.1, 0.15) is 51.2 Å². The van der Waals surface area contributed by atoms with E-state index < -0.39 is 6.10 Å². The summed E-state index contributed by atoms with van der Waals surface area (Å²) in [7, 11) is 0. The number of aliphatic hydroxyl groups excluding tert-OH is 1. The smallest absolute Gasteiger partial charge is 0.134 e. The molecule has 0 aliphatic carbocycles. The fraction of sp³-hybridized carbons (Fsp3) is 0.571. The molecule has 3 heteroatoms. The molecule has 2 N–H and O–H groups in total. The molecule has 0 spiro atoms. The maximum absolute atomic E-state index is 10.0. The van der Waals surface area contributed by atoms with Crippen LogP contribution in [-0.4, -0.2) is 10.2 Å². The van der Waals surface area contributed by atoms with Gasteiger partial charge in [0.25, 0.3) is 0 Å². The quantitative estimate of drug-likeness (QED) is 0.797. The average Bonchev–Trinajstić information content (AvgIpc) is 2.30. The Morgan fingerprint density at radius 3 is 2.53 bits per heavy atom. The lowest BCUT2D eigenvalue weighted by atomic mass is 9.96. The fourth-order valence-electron chi connectivity index (χ4n) is 1.98. The van der Waals surface area contributed by atoms with E-state index in [0.29, 0.717) is 10.9 Å². The van der Waals surface area contributed by atoms with Gasteiger partial charge in [-0.25, -0.2) is 0 Å². The van der Waals surface area contributed by atoms with Crippen molar-refractivity contribution in [1.82, 2.24) is 0 Å². The van der Waals surface area contributed by atoms with Crippen LogP contribution in [0.25, 0.3) is 0 Å². The van der Waals surface area contributed by atoms with Crippen molar-refractivity contribution in [3.63, 3.8) is 0 Å². The van der Waals surface area contributed by atoms with Gasteiger partial charge >= 0.3 is 0 Å². The number of aliphatic hydroxyl groups is 1. The number of benzene rings is 1. The van der Waals surface area contributed by atoms with E-state index in [-0.39, 0.29) is 5.75 Å². The molecule has 1 rings (SSSR count). The predicted molar refractivity (Wildman–Crippen MR) is 71.4 cm³/mol. The average molecular weight is 257 g/mol. The molecule has 0 heterocycles. The number of hydrogen-bond acceptors (Lipinski definition) is 2. The summed E-state index contributed by atoms with van der Waals surface area (Å²) in [5.74, 6) is 0.698. The second-order valence-corrected chi connectivity index (χ2v) is 5.11. The van der Waals surface area contributed by atoms with Crippen molar-refractivity contribution in [2.24, 2.45) is 5.92 Å². The molecule has 0 saturated carbocycles. The number of phenolic OH excluding ortho intramolecular Hbond substituents is 1. The summed E-state index contributed by atoms with van der Waals surface area (Å²) in [6.45, 7) is 4.38. The van der Waals surface area contributed by atoms with E-state index in [1.54, 1.807) is 12.1 Å². The minimum Gasteiger partial charge on any atom is -0.506 e. The van der Waals surface area contributed by atoms with Gasteiger partial charge in [-0.1, -0.05) is 44.4 Å². The number of hydrogen-bond donors (Lipinski definition) is 2. The zero-order valence-electron chi connectivity index (χ0n) is 10.5. The van der Waals surface area contributed by atoms with Crippen molar-refractivity contribution in [2.45, 2.75) is 45.6 Å². The third kappa shape index (κ3) is 4.57. The molecule has 0 aromatic heterocycles. The van der Waals surface area contributed by atoms with Crippen molar-refractivity contribution >= 4 is 11.6 Å². The topological polar surface area (TPSA) is 40.5 Å². The highest BCUT2D eigenvalue weighted by molar-refractivity contribution is 6.32. The van der Waals surface area contributed by atoms with Crippen molar-refractivity contribution in [2.75, 3.05) is 0 Å². The number of phenols is 1. The molecule has 0 radical (unpaired) electrons. The highest BCUT2D eigenvalue weighted by Gasteiger charge is 2.11. The zero-order chi connectivity index (χ0) is 12.8. The fourth-order valence-corrected chi connectivity index (χ4v) is 2.17. The molecular formula is C14H21ClO2. The highest BCUT2D eigenvalue weighted by Crippen LogP contribution is 2.29. The molecule has 0 amide bonds. The van der Waals surface area contributed by atoms with Crippen LogP contribution in [0.5, 0.6) is 5.75 Å². The third-order valence-corrected chi connectivity index (χ3v) is 3.37. The minimum atomic E-state index is -0.493. The molecule has 96 valence electrons. The Hall–Kier alpha value is -0.730. The van der Waals surface area contributed by atoms with Crippen LogP contribution in [0.4, 0.5) is 0 Å². The van der Waals surface area contributed by atoms with E-state index in [2.05, 4.69) is 13.8 Å². The van der Waals surface area contributed by atoms with Crippen LogP contribution in [0.3, 0.4) is 0 Å². The Bertz CT molecular complexity index is 352. The lowest BCUT2D eigenvalue weighted by molar-refractivity contribution is 0.157. The molecule has 0 bridgehead atoms. The summed E-state index contributed by atoms with van der Waals surface area (Å²) in [5, 5.41) is 19.6. The molecule has 0 aliphatic rings. The summed E-state index contributed by atoms with van der Waals surface area (Å²) >= 11 is 5.81. The normalized spacial score (nSPS) is 14.6. The van der Waals surface area contributed by atoms with E-state index in [1.807, 2.05) is 0 Å². The molecular weight excluding hydrogens is 236 g/mol. The SMILES string of the molecule is CCCC(C)CCC(O)c1ccc(O)c(Cl)c1. The van der Waals surface area contributed by atoms with Crippen LogP contribution in [-0.2, 0) is 0 Å². The van der Waals surface area contributed by atoms with Gasteiger partial charge in [-0.05, 0) is 36.5 Å². The van der Waals surface area contributed by atoms with E-state index in [1.165, 1.54) is 18.9 Å². The first-order valence-electron chi connectivity index (χ1n) is 6.21.